The lowest BCUT2D eigenvalue weighted by Gasteiger charge is -1.96. The van der Waals surface area contributed by atoms with Crippen LogP contribution >= 0.6 is 11.6 Å². The van der Waals surface area contributed by atoms with Crippen molar-refractivity contribution in [2.24, 2.45) is 0 Å². The van der Waals surface area contributed by atoms with Gasteiger partial charge in [0.05, 0.1) is 11.4 Å². The number of benzene rings is 1. The Labute approximate surface area is 94.0 Å². The summed E-state index contributed by atoms with van der Waals surface area (Å²) in [4.78, 5) is 15.0. The van der Waals surface area contributed by atoms with Crippen LogP contribution in [0.15, 0.2) is 22.6 Å². The monoisotopic (exact) mass is 245 g/mol. The van der Waals surface area contributed by atoms with E-state index >= 15 is 0 Å². The van der Waals surface area contributed by atoms with Crippen LogP contribution in [-0.4, -0.2) is 16.6 Å². The average Bonchev–Trinajstić information content (AvgIpc) is 2.71. The van der Waals surface area contributed by atoms with Crippen molar-refractivity contribution < 1.29 is 18.0 Å². The molecule has 0 fully saturated rings. The van der Waals surface area contributed by atoms with Crippen LogP contribution in [0.2, 0.25) is 0 Å². The summed E-state index contributed by atoms with van der Waals surface area (Å²) in [7, 11) is 0. The van der Waals surface area contributed by atoms with Crippen molar-refractivity contribution in [2.75, 3.05) is 5.88 Å². The summed E-state index contributed by atoms with van der Waals surface area (Å²) >= 11 is 5.40. The third-order valence-electron chi connectivity index (χ3n) is 2.04. The molecule has 0 spiro atoms. The van der Waals surface area contributed by atoms with Crippen LogP contribution in [0.4, 0.5) is 8.78 Å². The summed E-state index contributed by atoms with van der Waals surface area (Å²) in [5.41, 5.74) is 0.460. The number of alkyl halides is 3. The Bertz CT molecular complexity index is 539. The zero-order valence-electron chi connectivity index (χ0n) is 7.91. The Morgan fingerprint density at radius 1 is 1.50 bits per heavy atom. The third-order valence-corrected chi connectivity index (χ3v) is 2.28. The van der Waals surface area contributed by atoms with Crippen molar-refractivity contribution in [3.63, 3.8) is 0 Å². The highest BCUT2D eigenvalue weighted by atomic mass is 35.5. The second kappa shape index (κ2) is 4.17. The summed E-state index contributed by atoms with van der Waals surface area (Å²) < 4.78 is 29.5. The Hall–Kier alpha value is -1.49. The maximum absolute atomic E-state index is 12.4. The first-order chi connectivity index (χ1) is 7.63. The second-order valence-corrected chi connectivity index (χ2v) is 3.33. The molecule has 0 radical (unpaired) electrons. The molecule has 2 rings (SSSR count). The number of rotatable bonds is 3. The first-order valence-electron chi connectivity index (χ1n) is 4.40. The van der Waals surface area contributed by atoms with Crippen molar-refractivity contribution in [3.05, 3.63) is 29.7 Å². The molecule has 1 aromatic heterocycles. The highest BCUT2D eigenvalue weighted by Gasteiger charge is 2.19. The van der Waals surface area contributed by atoms with Gasteiger partial charge in [-0.05, 0) is 12.1 Å². The quantitative estimate of drug-likeness (QED) is 0.616. The topological polar surface area (TPSA) is 43.1 Å². The smallest absolute Gasteiger partial charge is 0.313 e. The number of fused-ring (bicyclic) bond motifs is 1. The fourth-order valence-electron chi connectivity index (χ4n) is 1.35. The highest BCUT2D eigenvalue weighted by molar-refractivity contribution is 6.31. The lowest BCUT2D eigenvalue weighted by Crippen LogP contribution is -2.00. The number of Topliss-reactive ketones (excluding diaryl/α,β-unsaturated/α-hetero) is 1. The fraction of sp³-hybridized carbons (Fsp3) is 0.200. The van der Waals surface area contributed by atoms with E-state index in [0.717, 1.165) is 0 Å². The first-order valence-corrected chi connectivity index (χ1v) is 4.93. The van der Waals surface area contributed by atoms with Crippen LogP contribution in [0.5, 0.6) is 0 Å². The molecule has 3 nitrogen and oxygen atoms in total. The normalized spacial score (nSPS) is 11.2. The SMILES string of the molecule is O=C(CCl)c1cccc2nc(C(F)F)oc12. The van der Waals surface area contributed by atoms with Gasteiger partial charge in [-0.1, -0.05) is 6.07 Å². The van der Waals surface area contributed by atoms with Crippen LogP contribution in [-0.2, 0) is 0 Å². The fourth-order valence-corrected chi connectivity index (χ4v) is 1.50. The van der Waals surface area contributed by atoms with Gasteiger partial charge in [0.2, 0.25) is 0 Å². The number of nitrogens with zero attached hydrogens (tertiary/aromatic N) is 1. The van der Waals surface area contributed by atoms with Crippen molar-refractivity contribution in [3.8, 4) is 0 Å². The standard InChI is InChI=1S/C10H6ClF2NO2/c11-4-7(15)5-2-1-3-6-8(5)16-10(14-6)9(12)13/h1-3,9H,4H2. The Kier molecular flexibility index (Phi) is 2.87. The molecule has 0 N–H and O–H groups in total. The molecule has 2 aromatic rings. The number of carbonyl (C=O) groups excluding carboxylic acids is 1. The molecule has 1 heterocycles. The molecule has 0 saturated heterocycles. The molecular formula is C10H6ClF2NO2. The van der Waals surface area contributed by atoms with E-state index in [0.29, 0.717) is 0 Å². The lowest BCUT2D eigenvalue weighted by molar-refractivity contribution is 0.101. The van der Waals surface area contributed by atoms with Crippen LogP contribution < -0.4 is 0 Å². The molecule has 0 saturated carbocycles. The summed E-state index contributed by atoms with van der Waals surface area (Å²) in [6, 6.07) is 4.50. The first kappa shape index (κ1) is 11.0. The zero-order valence-corrected chi connectivity index (χ0v) is 8.67. The number of carbonyl (C=O) groups is 1. The third kappa shape index (κ3) is 1.78. The van der Waals surface area contributed by atoms with Gasteiger partial charge < -0.3 is 4.42 Å². The van der Waals surface area contributed by atoms with Gasteiger partial charge in [-0.15, -0.1) is 11.6 Å². The average molecular weight is 246 g/mol. The molecular weight excluding hydrogens is 240 g/mol. The van der Waals surface area contributed by atoms with Crippen LogP contribution in [0.3, 0.4) is 0 Å². The van der Waals surface area contributed by atoms with Gasteiger partial charge in [-0.25, -0.2) is 4.98 Å². The molecule has 1 aromatic carbocycles. The van der Waals surface area contributed by atoms with Crippen LogP contribution in [0.25, 0.3) is 11.1 Å². The van der Waals surface area contributed by atoms with Gasteiger partial charge in [0.15, 0.2) is 11.4 Å². The van der Waals surface area contributed by atoms with Crippen molar-refractivity contribution in [1.29, 1.82) is 0 Å². The number of aromatic nitrogens is 1. The number of oxazole rings is 1. The molecule has 84 valence electrons. The Balaban J connectivity index is 2.63. The summed E-state index contributed by atoms with van der Waals surface area (Å²) in [6.07, 6.45) is -2.80. The minimum Gasteiger partial charge on any atom is -0.434 e. The predicted molar refractivity (Wildman–Crippen MR) is 54.0 cm³/mol. The van der Waals surface area contributed by atoms with Gasteiger partial charge in [0.25, 0.3) is 5.89 Å². The van der Waals surface area contributed by atoms with E-state index in [1.165, 1.54) is 12.1 Å². The lowest BCUT2D eigenvalue weighted by atomic mass is 10.1. The summed E-state index contributed by atoms with van der Waals surface area (Å²) in [6.45, 7) is 0. The van der Waals surface area contributed by atoms with Gasteiger partial charge in [-0.3, -0.25) is 4.79 Å². The van der Waals surface area contributed by atoms with Crippen LogP contribution in [0, 0.1) is 0 Å². The van der Waals surface area contributed by atoms with E-state index in [4.69, 9.17) is 16.0 Å². The minimum atomic E-state index is -2.80. The van der Waals surface area contributed by atoms with E-state index < -0.39 is 12.3 Å². The van der Waals surface area contributed by atoms with E-state index in [1.54, 1.807) is 6.07 Å². The zero-order chi connectivity index (χ0) is 11.7. The van der Waals surface area contributed by atoms with E-state index in [9.17, 15) is 13.6 Å². The molecule has 0 aliphatic carbocycles. The maximum Gasteiger partial charge on any atom is 0.313 e. The number of halogens is 3. The predicted octanol–water partition coefficient (Wildman–Crippen LogP) is 3.19. The van der Waals surface area contributed by atoms with Crippen molar-refractivity contribution >= 4 is 28.5 Å². The van der Waals surface area contributed by atoms with E-state index in [2.05, 4.69) is 4.98 Å². The maximum atomic E-state index is 12.4. The molecule has 0 unspecified atom stereocenters. The number of ketones is 1. The molecule has 0 aliphatic rings. The Morgan fingerprint density at radius 3 is 2.88 bits per heavy atom. The minimum absolute atomic E-state index is 0.0588. The number of hydrogen-bond donors (Lipinski definition) is 0. The van der Waals surface area contributed by atoms with E-state index in [1.807, 2.05) is 0 Å². The molecule has 6 heteroatoms. The van der Waals surface area contributed by atoms with Gasteiger partial charge in [-0.2, -0.15) is 8.78 Å². The largest absolute Gasteiger partial charge is 0.434 e. The molecule has 0 bridgehead atoms. The number of hydrogen-bond acceptors (Lipinski definition) is 3. The van der Waals surface area contributed by atoms with Gasteiger partial charge in [0, 0.05) is 0 Å². The molecule has 0 atom stereocenters. The second-order valence-electron chi connectivity index (χ2n) is 3.06. The van der Waals surface area contributed by atoms with Crippen molar-refractivity contribution in [2.45, 2.75) is 6.43 Å². The van der Waals surface area contributed by atoms with Crippen molar-refractivity contribution in [1.82, 2.24) is 4.98 Å². The van der Waals surface area contributed by atoms with Gasteiger partial charge >= 0.3 is 6.43 Å². The molecule has 0 amide bonds. The molecule has 0 aliphatic heterocycles. The molecule has 16 heavy (non-hydrogen) atoms. The van der Waals surface area contributed by atoms with Gasteiger partial charge in [0.1, 0.15) is 5.52 Å². The van der Waals surface area contributed by atoms with Crippen LogP contribution in [0.1, 0.15) is 22.7 Å². The van der Waals surface area contributed by atoms with E-state index in [-0.39, 0.29) is 28.3 Å². The highest BCUT2D eigenvalue weighted by Crippen LogP contribution is 2.26. The number of para-hydroxylation sites is 1. The Morgan fingerprint density at radius 2 is 2.25 bits per heavy atom. The summed E-state index contributed by atoms with van der Waals surface area (Å²) in [5, 5.41) is 0. The summed E-state index contributed by atoms with van der Waals surface area (Å²) in [5.74, 6) is -1.31.